The third kappa shape index (κ3) is 1.52. The standard InChI is InChI=1S/C12H11NO3/c14-11-7-9(12-15-5-6-16-12)8-3-1-2-4-10(8)13-11/h1-4,7,12H,5-6H2,(H,13,14). The maximum atomic E-state index is 11.5. The molecule has 0 saturated carbocycles. The van der Waals surface area contributed by atoms with E-state index in [2.05, 4.69) is 4.98 Å². The van der Waals surface area contributed by atoms with Gasteiger partial charge in [-0.3, -0.25) is 4.79 Å². The third-order valence-electron chi connectivity index (χ3n) is 2.66. The SMILES string of the molecule is O=c1cc(C2OCCO2)c2ccccc2[nH]1. The molecule has 0 atom stereocenters. The maximum absolute atomic E-state index is 11.5. The Bertz CT molecular complexity index is 570. The Morgan fingerprint density at radius 2 is 1.94 bits per heavy atom. The molecule has 2 heterocycles. The van der Waals surface area contributed by atoms with Crippen LogP contribution in [-0.2, 0) is 9.47 Å². The summed E-state index contributed by atoms with van der Waals surface area (Å²) in [6, 6.07) is 9.18. The van der Waals surface area contributed by atoms with Crippen LogP contribution in [0.25, 0.3) is 10.9 Å². The number of rotatable bonds is 1. The van der Waals surface area contributed by atoms with E-state index in [1.54, 1.807) is 6.07 Å². The molecule has 1 saturated heterocycles. The highest BCUT2D eigenvalue weighted by Gasteiger charge is 2.20. The molecule has 0 aliphatic carbocycles. The van der Waals surface area contributed by atoms with Gasteiger partial charge in [0.2, 0.25) is 5.56 Å². The van der Waals surface area contributed by atoms with Gasteiger partial charge in [-0.2, -0.15) is 0 Å². The fourth-order valence-electron chi connectivity index (χ4n) is 1.96. The Morgan fingerprint density at radius 1 is 1.19 bits per heavy atom. The summed E-state index contributed by atoms with van der Waals surface area (Å²) in [6.45, 7) is 1.15. The van der Waals surface area contributed by atoms with Crippen molar-refractivity contribution in [2.24, 2.45) is 0 Å². The Balaban J connectivity index is 2.25. The fraction of sp³-hybridized carbons (Fsp3) is 0.250. The van der Waals surface area contributed by atoms with E-state index in [1.807, 2.05) is 24.3 Å². The van der Waals surface area contributed by atoms with Crippen LogP contribution in [0, 0.1) is 0 Å². The lowest BCUT2D eigenvalue weighted by atomic mass is 10.1. The van der Waals surface area contributed by atoms with Crippen molar-refractivity contribution in [1.29, 1.82) is 0 Å². The van der Waals surface area contributed by atoms with Crippen LogP contribution in [0.3, 0.4) is 0 Å². The number of hydrogen-bond acceptors (Lipinski definition) is 3. The Morgan fingerprint density at radius 3 is 2.75 bits per heavy atom. The van der Waals surface area contributed by atoms with Crippen molar-refractivity contribution in [1.82, 2.24) is 4.98 Å². The number of pyridine rings is 1. The molecule has 0 radical (unpaired) electrons. The van der Waals surface area contributed by atoms with E-state index in [0.717, 1.165) is 16.5 Å². The minimum absolute atomic E-state index is 0.132. The van der Waals surface area contributed by atoms with Crippen LogP contribution >= 0.6 is 0 Å². The first-order valence-electron chi connectivity index (χ1n) is 5.20. The van der Waals surface area contributed by atoms with Crippen LogP contribution in [0.5, 0.6) is 0 Å². The molecule has 0 amide bonds. The van der Waals surface area contributed by atoms with Crippen molar-refractivity contribution in [3.8, 4) is 0 Å². The Labute approximate surface area is 91.8 Å². The summed E-state index contributed by atoms with van der Waals surface area (Å²) in [7, 11) is 0. The largest absolute Gasteiger partial charge is 0.346 e. The molecule has 4 heteroatoms. The first-order valence-corrected chi connectivity index (χ1v) is 5.20. The molecule has 1 aliphatic heterocycles. The van der Waals surface area contributed by atoms with E-state index in [-0.39, 0.29) is 5.56 Å². The maximum Gasteiger partial charge on any atom is 0.248 e. The summed E-state index contributed by atoms with van der Waals surface area (Å²) in [5.74, 6) is 0. The highest BCUT2D eigenvalue weighted by atomic mass is 16.7. The van der Waals surface area contributed by atoms with E-state index in [1.165, 1.54) is 0 Å². The lowest BCUT2D eigenvalue weighted by molar-refractivity contribution is -0.0430. The van der Waals surface area contributed by atoms with Crippen molar-refractivity contribution in [3.05, 3.63) is 46.2 Å². The molecule has 1 aromatic heterocycles. The van der Waals surface area contributed by atoms with Crippen molar-refractivity contribution < 1.29 is 9.47 Å². The van der Waals surface area contributed by atoms with Crippen LogP contribution < -0.4 is 5.56 Å². The van der Waals surface area contributed by atoms with Gasteiger partial charge in [-0.1, -0.05) is 18.2 Å². The van der Waals surface area contributed by atoms with Gasteiger partial charge in [0, 0.05) is 22.5 Å². The van der Waals surface area contributed by atoms with Gasteiger partial charge in [0.05, 0.1) is 13.2 Å². The van der Waals surface area contributed by atoms with E-state index in [9.17, 15) is 4.79 Å². The Hall–Kier alpha value is -1.65. The zero-order valence-electron chi connectivity index (χ0n) is 8.60. The summed E-state index contributed by atoms with van der Waals surface area (Å²) in [6.07, 6.45) is -0.410. The lowest BCUT2D eigenvalue weighted by Gasteiger charge is -2.11. The highest BCUT2D eigenvalue weighted by molar-refractivity contribution is 5.82. The molecular formula is C12H11NO3. The van der Waals surface area contributed by atoms with Crippen LogP contribution in [0.2, 0.25) is 0 Å². The summed E-state index contributed by atoms with van der Waals surface area (Å²) in [5, 5.41) is 0.967. The number of para-hydroxylation sites is 1. The van der Waals surface area contributed by atoms with Crippen LogP contribution in [-0.4, -0.2) is 18.2 Å². The smallest absolute Gasteiger partial charge is 0.248 e. The van der Waals surface area contributed by atoms with Gasteiger partial charge in [0.15, 0.2) is 6.29 Å². The third-order valence-corrected chi connectivity index (χ3v) is 2.66. The highest BCUT2D eigenvalue weighted by Crippen LogP contribution is 2.27. The molecule has 1 aliphatic rings. The van der Waals surface area contributed by atoms with Gasteiger partial charge >= 0.3 is 0 Å². The summed E-state index contributed by atoms with van der Waals surface area (Å²) >= 11 is 0. The number of hydrogen-bond donors (Lipinski definition) is 1. The van der Waals surface area contributed by atoms with Crippen LogP contribution in [0.4, 0.5) is 0 Å². The average molecular weight is 217 g/mol. The van der Waals surface area contributed by atoms with Crippen LogP contribution in [0.15, 0.2) is 35.1 Å². The minimum atomic E-state index is -0.410. The fourth-order valence-corrected chi connectivity index (χ4v) is 1.96. The van der Waals surface area contributed by atoms with Gasteiger partial charge < -0.3 is 14.5 Å². The average Bonchev–Trinajstić information content (AvgIpc) is 2.81. The first kappa shape index (κ1) is 9.57. The zero-order valence-corrected chi connectivity index (χ0v) is 8.60. The van der Waals surface area contributed by atoms with Gasteiger partial charge in [-0.05, 0) is 6.07 Å². The van der Waals surface area contributed by atoms with Crippen molar-refractivity contribution in [2.75, 3.05) is 13.2 Å². The molecule has 0 bridgehead atoms. The van der Waals surface area contributed by atoms with Crippen LogP contribution in [0.1, 0.15) is 11.9 Å². The zero-order chi connectivity index (χ0) is 11.0. The topological polar surface area (TPSA) is 51.3 Å². The molecule has 1 aromatic carbocycles. The summed E-state index contributed by atoms with van der Waals surface area (Å²) in [4.78, 5) is 14.3. The first-order chi connectivity index (χ1) is 7.84. The molecule has 2 aromatic rings. The number of ether oxygens (including phenoxy) is 2. The van der Waals surface area contributed by atoms with Gasteiger partial charge in [0.1, 0.15) is 0 Å². The minimum Gasteiger partial charge on any atom is -0.346 e. The molecule has 82 valence electrons. The lowest BCUT2D eigenvalue weighted by Crippen LogP contribution is -2.09. The molecule has 0 unspecified atom stereocenters. The second kappa shape index (κ2) is 3.73. The second-order valence-electron chi connectivity index (χ2n) is 3.71. The van der Waals surface area contributed by atoms with E-state index < -0.39 is 6.29 Å². The molecule has 16 heavy (non-hydrogen) atoms. The number of benzene rings is 1. The second-order valence-corrected chi connectivity index (χ2v) is 3.71. The molecular weight excluding hydrogens is 206 g/mol. The normalized spacial score (nSPS) is 17.0. The van der Waals surface area contributed by atoms with E-state index in [4.69, 9.17) is 9.47 Å². The number of nitrogens with one attached hydrogen (secondary N) is 1. The monoisotopic (exact) mass is 217 g/mol. The molecule has 0 spiro atoms. The number of fused-ring (bicyclic) bond motifs is 1. The Kier molecular flexibility index (Phi) is 2.23. The predicted octanol–water partition coefficient (Wildman–Crippen LogP) is 1.57. The molecule has 1 N–H and O–H groups in total. The predicted molar refractivity (Wildman–Crippen MR) is 59.2 cm³/mol. The molecule has 1 fully saturated rings. The van der Waals surface area contributed by atoms with Gasteiger partial charge in [0.25, 0.3) is 0 Å². The molecule has 4 nitrogen and oxygen atoms in total. The molecule has 3 rings (SSSR count). The quantitative estimate of drug-likeness (QED) is 0.788. The summed E-state index contributed by atoms with van der Waals surface area (Å²) < 4.78 is 10.9. The number of aromatic amines is 1. The van der Waals surface area contributed by atoms with Gasteiger partial charge in [-0.25, -0.2) is 0 Å². The number of H-pyrrole nitrogens is 1. The summed E-state index contributed by atoms with van der Waals surface area (Å²) in [5.41, 5.74) is 1.48. The van der Waals surface area contributed by atoms with Crippen molar-refractivity contribution >= 4 is 10.9 Å². The van der Waals surface area contributed by atoms with Crippen molar-refractivity contribution in [2.45, 2.75) is 6.29 Å². The van der Waals surface area contributed by atoms with E-state index >= 15 is 0 Å². The number of aromatic nitrogens is 1. The van der Waals surface area contributed by atoms with Crippen molar-refractivity contribution in [3.63, 3.8) is 0 Å². The van der Waals surface area contributed by atoms with E-state index in [0.29, 0.717) is 13.2 Å². The van der Waals surface area contributed by atoms with Gasteiger partial charge in [-0.15, -0.1) is 0 Å².